The number of nitrogens with zero attached hydrogens (tertiary/aromatic N) is 3. The van der Waals surface area contributed by atoms with E-state index in [1.165, 1.54) is 6.92 Å². The van der Waals surface area contributed by atoms with E-state index in [0.717, 1.165) is 12.3 Å². The van der Waals surface area contributed by atoms with Gasteiger partial charge in [0.05, 0.1) is 22.8 Å². The number of piperazine rings is 1. The van der Waals surface area contributed by atoms with Crippen LogP contribution < -0.4 is 10.2 Å². The van der Waals surface area contributed by atoms with Gasteiger partial charge in [-0.25, -0.2) is 4.98 Å². The summed E-state index contributed by atoms with van der Waals surface area (Å²) in [7, 11) is 0. The highest BCUT2D eigenvalue weighted by molar-refractivity contribution is 6.33. The molecule has 0 bridgehead atoms. The zero-order chi connectivity index (χ0) is 21.9. The molecule has 1 saturated heterocycles. The zero-order valence-electron chi connectivity index (χ0n) is 16.2. The van der Waals surface area contributed by atoms with Crippen LogP contribution in [0.5, 0.6) is 0 Å². The van der Waals surface area contributed by atoms with Crippen molar-refractivity contribution in [1.29, 1.82) is 0 Å². The Hall–Kier alpha value is -2.65. The molecule has 0 atom stereocenters. The molecule has 0 unspecified atom stereocenters. The standard InChI is InChI=1S/C20H20ClF3N4O2/c1-13(29)15-4-2-3-5-17(15)26-18(30)12-27-6-8-28(9-7-27)19-16(21)10-14(11-25-19)20(22,23)24/h2-5,10-11H,6-9,12H2,1H3,(H,26,30). The molecule has 10 heteroatoms. The van der Waals surface area contributed by atoms with Crippen molar-refractivity contribution in [3.63, 3.8) is 0 Å². The lowest BCUT2D eigenvalue weighted by atomic mass is 10.1. The summed E-state index contributed by atoms with van der Waals surface area (Å²) in [6, 6.07) is 7.66. The van der Waals surface area contributed by atoms with E-state index in [2.05, 4.69) is 10.3 Å². The summed E-state index contributed by atoms with van der Waals surface area (Å²) >= 11 is 6.01. The summed E-state index contributed by atoms with van der Waals surface area (Å²) in [6.45, 7) is 3.53. The second kappa shape index (κ2) is 9.01. The lowest BCUT2D eigenvalue weighted by molar-refractivity contribution is -0.137. The molecule has 0 saturated carbocycles. The van der Waals surface area contributed by atoms with Gasteiger partial charge in [-0.3, -0.25) is 14.5 Å². The van der Waals surface area contributed by atoms with Gasteiger partial charge in [-0.1, -0.05) is 23.7 Å². The van der Waals surface area contributed by atoms with Gasteiger partial charge in [0.1, 0.15) is 5.82 Å². The zero-order valence-corrected chi connectivity index (χ0v) is 16.9. The molecule has 1 fully saturated rings. The Morgan fingerprint density at radius 2 is 1.83 bits per heavy atom. The number of ketones is 1. The van der Waals surface area contributed by atoms with E-state index >= 15 is 0 Å². The molecular weight excluding hydrogens is 421 g/mol. The highest BCUT2D eigenvalue weighted by Crippen LogP contribution is 2.33. The first kappa shape index (κ1) is 22.0. The highest BCUT2D eigenvalue weighted by Gasteiger charge is 2.32. The van der Waals surface area contributed by atoms with Crippen molar-refractivity contribution in [3.05, 3.63) is 52.7 Å². The molecule has 1 aromatic carbocycles. The van der Waals surface area contributed by atoms with Crippen molar-refractivity contribution in [2.24, 2.45) is 0 Å². The number of amides is 1. The van der Waals surface area contributed by atoms with Crippen LogP contribution in [0.15, 0.2) is 36.5 Å². The van der Waals surface area contributed by atoms with Crippen molar-refractivity contribution in [1.82, 2.24) is 9.88 Å². The molecule has 160 valence electrons. The second-order valence-electron chi connectivity index (χ2n) is 6.94. The third-order valence-corrected chi connectivity index (χ3v) is 5.05. The maximum Gasteiger partial charge on any atom is 0.417 e. The molecule has 3 rings (SSSR count). The van der Waals surface area contributed by atoms with Gasteiger partial charge in [0.15, 0.2) is 5.78 Å². The Morgan fingerprint density at radius 1 is 1.17 bits per heavy atom. The lowest BCUT2D eigenvalue weighted by Gasteiger charge is -2.35. The first-order valence-electron chi connectivity index (χ1n) is 9.25. The van der Waals surface area contributed by atoms with E-state index in [0.29, 0.717) is 43.2 Å². The van der Waals surface area contributed by atoms with Crippen LogP contribution in [-0.4, -0.2) is 54.3 Å². The predicted molar refractivity (Wildman–Crippen MR) is 108 cm³/mol. The van der Waals surface area contributed by atoms with E-state index in [1.54, 1.807) is 29.2 Å². The van der Waals surface area contributed by atoms with Crippen molar-refractivity contribution >= 4 is 34.8 Å². The molecule has 1 amide bonds. The van der Waals surface area contributed by atoms with Crippen LogP contribution in [0, 0.1) is 0 Å². The van der Waals surface area contributed by atoms with Gasteiger partial charge in [0.2, 0.25) is 5.91 Å². The molecule has 6 nitrogen and oxygen atoms in total. The van der Waals surface area contributed by atoms with Crippen molar-refractivity contribution in [2.75, 3.05) is 42.9 Å². The number of rotatable bonds is 5. The number of alkyl halides is 3. The summed E-state index contributed by atoms with van der Waals surface area (Å²) in [4.78, 5) is 31.6. The molecule has 0 spiro atoms. The number of hydrogen-bond donors (Lipinski definition) is 1. The lowest BCUT2D eigenvalue weighted by Crippen LogP contribution is -2.49. The number of hydrogen-bond acceptors (Lipinski definition) is 5. The van der Waals surface area contributed by atoms with Gasteiger partial charge >= 0.3 is 6.18 Å². The number of carbonyl (C=O) groups is 2. The maximum atomic E-state index is 12.8. The van der Waals surface area contributed by atoms with Crippen molar-refractivity contribution < 1.29 is 22.8 Å². The van der Waals surface area contributed by atoms with E-state index in [-0.39, 0.29) is 23.3 Å². The Kier molecular flexibility index (Phi) is 6.62. The molecule has 2 heterocycles. The number of aromatic nitrogens is 1. The molecule has 0 aliphatic carbocycles. The fourth-order valence-electron chi connectivity index (χ4n) is 3.23. The minimum atomic E-state index is -4.50. The van der Waals surface area contributed by atoms with Gasteiger partial charge in [-0.15, -0.1) is 0 Å². The van der Waals surface area contributed by atoms with Crippen LogP contribution in [0.4, 0.5) is 24.7 Å². The van der Waals surface area contributed by atoms with E-state index < -0.39 is 11.7 Å². The van der Waals surface area contributed by atoms with Crippen LogP contribution in [0.2, 0.25) is 5.02 Å². The first-order valence-corrected chi connectivity index (χ1v) is 9.63. The average Bonchev–Trinajstić information content (AvgIpc) is 2.68. The minimum absolute atomic E-state index is 0.0585. The number of pyridine rings is 1. The summed E-state index contributed by atoms with van der Waals surface area (Å²) < 4.78 is 38.3. The number of nitrogens with one attached hydrogen (secondary N) is 1. The Bertz CT molecular complexity index is 944. The molecule has 0 radical (unpaired) electrons. The Balaban J connectivity index is 1.56. The van der Waals surface area contributed by atoms with Crippen LogP contribution in [0.1, 0.15) is 22.8 Å². The summed E-state index contributed by atoms with van der Waals surface area (Å²) in [6.07, 6.45) is -3.73. The fourth-order valence-corrected chi connectivity index (χ4v) is 3.51. The fraction of sp³-hybridized carbons (Fsp3) is 0.350. The van der Waals surface area contributed by atoms with Gasteiger partial charge in [-0.05, 0) is 25.1 Å². The van der Waals surface area contributed by atoms with Gasteiger partial charge in [-0.2, -0.15) is 13.2 Å². The van der Waals surface area contributed by atoms with Crippen molar-refractivity contribution in [2.45, 2.75) is 13.1 Å². The molecule has 1 aromatic heterocycles. The summed E-state index contributed by atoms with van der Waals surface area (Å²) in [5, 5.41) is 2.70. The normalized spacial score (nSPS) is 15.2. The third kappa shape index (κ3) is 5.28. The summed E-state index contributed by atoms with van der Waals surface area (Å²) in [5.41, 5.74) is 0.0189. The molecule has 1 aliphatic heterocycles. The molecular formula is C20H20ClF3N4O2. The van der Waals surface area contributed by atoms with Crippen LogP contribution in [0.25, 0.3) is 0 Å². The van der Waals surface area contributed by atoms with Crippen molar-refractivity contribution in [3.8, 4) is 0 Å². The van der Waals surface area contributed by atoms with E-state index in [9.17, 15) is 22.8 Å². The Labute approximate surface area is 176 Å². The van der Waals surface area contributed by atoms with Gasteiger partial charge in [0, 0.05) is 37.9 Å². The van der Waals surface area contributed by atoms with Gasteiger partial charge < -0.3 is 10.2 Å². The average molecular weight is 441 g/mol. The number of anilines is 2. The Morgan fingerprint density at radius 3 is 2.43 bits per heavy atom. The minimum Gasteiger partial charge on any atom is -0.353 e. The maximum absolute atomic E-state index is 12.8. The van der Waals surface area contributed by atoms with Gasteiger partial charge in [0.25, 0.3) is 0 Å². The predicted octanol–water partition coefficient (Wildman–Crippen LogP) is 3.72. The number of carbonyl (C=O) groups excluding carboxylic acids is 2. The van der Waals surface area contributed by atoms with E-state index in [4.69, 9.17) is 11.6 Å². The first-order chi connectivity index (χ1) is 14.1. The smallest absolute Gasteiger partial charge is 0.353 e. The molecule has 1 aliphatic rings. The molecule has 1 N–H and O–H groups in total. The molecule has 2 aromatic rings. The number of para-hydroxylation sites is 1. The number of Topliss-reactive ketones (excluding diaryl/α,β-unsaturated/α-hetero) is 1. The van der Waals surface area contributed by atoms with Crippen LogP contribution in [0.3, 0.4) is 0 Å². The topological polar surface area (TPSA) is 65.5 Å². The molecule has 30 heavy (non-hydrogen) atoms. The largest absolute Gasteiger partial charge is 0.417 e. The van der Waals surface area contributed by atoms with Crippen LogP contribution >= 0.6 is 11.6 Å². The number of benzene rings is 1. The van der Waals surface area contributed by atoms with Crippen LogP contribution in [-0.2, 0) is 11.0 Å². The third-order valence-electron chi connectivity index (χ3n) is 4.77. The SMILES string of the molecule is CC(=O)c1ccccc1NC(=O)CN1CCN(c2ncc(C(F)(F)F)cc2Cl)CC1. The monoisotopic (exact) mass is 440 g/mol. The quantitative estimate of drug-likeness (QED) is 0.718. The highest BCUT2D eigenvalue weighted by atomic mass is 35.5. The summed E-state index contributed by atoms with van der Waals surface area (Å²) in [5.74, 6) is -0.0903. The number of halogens is 4. The van der Waals surface area contributed by atoms with E-state index in [1.807, 2.05) is 4.90 Å². The second-order valence-corrected chi connectivity index (χ2v) is 7.35.